The molecule has 0 atom stereocenters. The van der Waals surface area contributed by atoms with Gasteiger partial charge in [0.25, 0.3) is 0 Å². The molecule has 0 saturated carbocycles. The molecule has 0 unspecified atom stereocenters. The molecule has 0 aliphatic heterocycles. The number of anilines is 1. The number of aromatic nitrogens is 2. The lowest BCUT2D eigenvalue weighted by Crippen LogP contribution is -2.16. The highest BCUT2D eigenvalue weighted by Crippen LogP contribution is 2.25. The number of nitrogens with zero attached hydrogens (tertiary/aromatic N) is 3. The van der Waals surface area contributed by atoms with Gasteiger partial charge in [-0.15, -0.1) is 11.3 Å². The third-order valence-electron chi connectivity index (χ3n) is 4.01. The van der Waals surface area contributed by atoms with Crippen molar-refractivity contribution in [2.75, 3.05) is 11.9 Å². The van der Waals surface area contributed by atoms with Crippen molar-refractivity contribution in [1.29, 1.82) is 0 Å². The smallest absolute Gasteiger partial charge is 0.142 e. The van der Waals surface area contributed by atoms with Crippen LogP contribution in [0.15, 0.2) is 72.2 Å². The van der Waals surface area contributed by atoms with Crippen molar-refractivity contribution < 1.29 is 0 Å². The predicted octanol–water partition coefficient (Wildman–Crippen LogP) is 4.99. The van der Waals surface area contributed by atoms with E-state index in [0.717, 1.165) is 22.9 Å². The van der Waals surface area contributed by atoms with Crippen LogP contribution in [0.4, 0.5) is 5.69 Å². The molecule has 0 spiro atoms. The average Bonchev–Trinajstić information content (AvgIpc) is 3.10. The summed E-state index contributed by atoms with van der Waals surface area (Å²) in [6.07, 6.45) is 1.80. The average molecular weight is 331 g/mol. The zero-order chi connectivity index (χ0) is 16.4. The second kappa shape index (κ2) is 6.42. The van der Waals surface area contributed by atoms with Gasteiger partial charge < -0.3 is 4.90 Å². The number of fused-ring (bicyclic) bond motifs is 1. The van der Waals surface area contributed by atoms with Gasteiger partial charge in [-0.2, -0.15) is 0 Å². The minimum absolute atomic E-state index is 0.779. The fourth-order valence-electron chi connectivity index (χ4n) is 2.73. The molecule has 2 aromatic heterocycles. The van der Waals surface area contributed by atoms with Gasteiger partial charge in [0.2, 0.25) is 0 Å². The Bertz CT molecular complexity index is 963. The van der Waals surface area contributed by atoms with Crippen LogP contribution in [0.25, 0.3) is 21.5 Å². The first-order valence-electron chi connectivity index (χ1n) is 7.85. The van der Waals surface area contributed by atoms with Crippen LogP contribution in [-0.4, -0.2) is 17.0 Å². The lowest BCUT2D eigenvalue weighted by atomic mass is 10.1. The quantitative estimate of drug-likeness (QED) is 0.527. The SMILES string of the molecule is CN(Cc1csc(-c2ccccn2)n1)c1ccc2ccccc2c1. The van der Waals surface area contributed by atoms with E-state index in [4.69, 9.17) is 4.98 Å². The minimum atomic E-state index is 0.779. The summed E-state index contributed by atoms with van der Waals surface area (Å²) in [5.74, 6) is 0. The Morgan fingerprint density at radius 3 is 2.62 bits per heavy atom. The Morgan fingerprint density at radius 2 is 1.79 bits per heavy atom. The van der Waals surface area contributed by atoms with Crippen LogP contribution in [0.5, 0.6) is 0 Å². The molecule has 24 heavy (non-hydrogen) atoms. The lowest BCUT2D eigenvalue weighted by Gasteiger charge is -2.18. The second-order valence-electron chi connectivity index (χ2n) is 5.75. The molecule has 0 bridgehead atoms. The highest BCUT2D eigenvalue weighted by molar-refractivity contribution is 7.13. The van der Waals surface area contributed by atoms with E-state index >= 15 is 0 Å². The molecule has 3 nitrogen and oxygen atoms in total. The zero-order valence-corrected chi connectivity index (χ0v) is 14.2. The van der Waals surface area contributed by atoms with E-state index < -0.39 is 0 Å². The van der Waals surface area contributed by atoms with Gasteiger partial charge in [0.05, 0.1) is 17.9 Å². The summed E-state index contributed by atoms with van der Waals surface area (Å²) in [5, 5.41) is 5.61. The highest BCUT2D eigenvalue weighted by Gasteiger charge is 2.09. The van der Waals surface area contributed by atoms with Crippen LogP contribution >= 0.6 is 11.3 Å². The van der Waals surface area contributed by atoms with Gasteiger partial charge in [-0.1, -0.05) is 36.4 Å². The minimum Gasteiger partial charge on any atom is -0.369 e. The van der Waals surface area contributed by atoms with Gasteiger partial charge in [0, 0.05) is 24.3 Å². The maximum Gasteiger partial charge on any atom is 0.142 e. The molecule has 0 aliphatic rings. The van der Waals surface area contributed by atoms with E-state index in [-0.39, 0.29) is 0 Å². The first kappa shape index (κ1) is 14.8. The fourth-order valence-corrected chi connectivity index (χ4v) is 3.52. The maximum absolute atomic E-state index is 4.72. The lowest BCUT2D eigenvalue weighted by molar-refractivity contribution is 0.896. The monoisotopic (exact) mass is 331 g/mol. The topological polar surface area (TPSA) is 29.0 Å². The molecule has 0 fully saturated rings. The summed E-state index contributed by atoms with van der Waals surface area (Å²) in [6.45, 7) is 0.779. The number of rotatable bonds is 4. The van der Waals surface area contributed by atoms with Crippen LogP contribution in [0.1, 0.15) is 5.69 Å². The number of benzene rings is 2. The first-order valence-corrected chi connectivity index (χ1v) is 8.73. The summed E-state index contributed by atoms with van der Waals surface area (Å²) in [5.41, 5.74) is 3.19. The van der Waals surface area contributed by atoms with Crippen molar-refractivity contribution in [2.24, 2.45) is 0 Å². The zero-order valence-electron chi connectivity index (χ0n) is 13.4. The van der Waals surface area contributed by atoms with Crippen molar-refractivity contribution >= 4 is 27.8 Å². The van der Waals surface area contributed by atoms with E-state index in [9.17, 15) is 0 Å². The third-order valence-corrected chi connectivity index (χ3v) is 4.92. The maximum atomic E-state index is 4.72. The molecule has 0 N–H and O–H groups in total. The molecule has 0 amide bonds. The van der Waals surface area contributed by atoms with Gasteiger partial charge in [0.1, 0.15) is 5.01 Å². The predicted molar refractivity (Wildman–Crippen MR) is 101 cm³/mol. The van der Waals surface area contributed by atoms with Gasteiger partial charge in [-0.05, 0) is 35.0 Å². The summed E-state index contributed by atoms with van der Waals surface area (Å²) < 4.78 is 0. The Kier molecular flexibility index (Phi) is 3.97. The molecule has 2 aromatic carbocycles. The molecule has 0 saturated heterocycles. The summed E-state index contributed by atoms with van der Waals surface area (Å²) >= 11 is 1.64. The first-order chi connectivity index (χ1) is 11.8. The molecular formula is C20H17N3S. The molecule has 4 aromatic rings. The number of hydrogen-bond acceptors (Lipinski definition) is 4. The molecule has 118 valence electrons. The third kappa shape index (κ3) is 3.01. The van der Waals surface area contributed by atoms with Crippen LogP contribution in [0.3, 0.4) is 0 Å². The Labute approximate surface area is 145 Å². The van der Waals surface area contributed by atoms with Crippen molar-refractivity contribution in [3.8, 4) is 10.7 Å². The summed E-state index contributed by atoms with van der Waals surface area (Å²) in [7, 11) is 2.10. The number of hydrogen-bond donors (Lipinski definition) is 0. The van der Waals surface area contributed by atoms with Crippen LogP contribution in [-0.2, 0) is 6.54 Å². The van der Waals surface area contributed by atoms with Crippen LogP contribution in [0.2, 0.25) is 0 Å². The van der Waals surface area contributed by atoms with Crippen LogP contribution < -0.4 is 4.90 Å². The largest absolute Gasteiger partial charge is 0.369 e. The molecule has 2 heterocycles. The van der Waals surface area contributed by atoms with E-state index in [2.05, 4.69) is 64.8 Å². The van der Waals surface area contributed by atoms with E-state index in [0.29, 0.717) is 0 Å². The molecule has 0 radical (unpaired) electrons. The van der Waals surface area contributed by atoms with E-state index in [1.165, 1.54) is 16.5 Å². The Morgan fingerprint density at radius 1 is 0.958 bits per heavy atom. The van der Waals surface area contributed by atoms with Gasteiger partial charge >= 0.3 is 0 Å². The second-order valence-corrected chi connectivity index (χ2v) is 6.60. The van der Waals surface area contributed by atoms with Crippen molar-refractivity contribution in [3.63, 3.8) is 0 Å². The van der Waals surface area contributed by atoms with Crippen molar-refractivity contribution in [1.82, 2.24) is 9.97 Å². The Hall–Kier alpha value is -2.72. The standard InChI is InChI=1S/C20H17N3S/c1-23(18-10-9-15-6-2-3-7-16(15)12-18)13-17-14-24-20(22-17)19-8-4-5-11-21-19/h2-12,14H,13H2,1H3. The molecular weight excluding hydrogens is 314 g/mol. The van der Waals surface area contributed by atoms with Gasteiger partial charge in [-0.3, -0.25) is 4.98 Å². The van der Waals surface area contributed by atoms with Gasteiger partial charge in [0.15, 0.2) is 0 Å². The highest BCUT2D eigenvalue weighted by atomic mass is 32.1. The van der Waals surface area contributed by atoms with Crippen molar-refractivity contribution in [3.05, 3.63) is 77.9 Å². The number of thiazole rings is 1. The van der Waals surface area contributed by atoms with Crippen molar-refractivity contribution in [2.45, 2.75) is 6.54 Å². The molecule has 4 heteroatoms. The fraction of sp³-hybridized carbons (Fsp3) is 0.100. The van der Waals surface area contributed by atoms with Gasteiger partial charge in [-0.25, -0.2) is 4.98 Å². The van der Waals surface area contributed by atoms with E-state index in [1.54, 1.807) is 17.5 Å². The number of pyridine rings is 1. The summed E-state index contributed by atoms with van der Waals surface area (Å²) in [4.78, 5) is 11.3. The summed E-state index contributed by atoms with van der Waals surface area (Å²) in [6, 6.07) is 20.9. The normalized spacial score (nSPS) is 10.9. The van der Waals surface area contributed by atoms with E-state index in [1.807, 2.05) is 18.2 Å². The van der Waals surface area contributed by atoms with Crippen LogP contribution in [0, 0.1) is 0 Å². The molecule has 0 aliphatic carbocycles. The Balaban J connectivity index is 1.55. The molecule has 4 rings (SSSR count).